The van der Waals surface area contributed by atoms with Gasteiger partial charge in [-0.1, -0.05) is 12.2 Å². The van der Waals surface area contributed by atoms with E-state index in [1.54, 1.807) is 12.1 Å². The first-order valence-corrected chi connectivity index (χ1v) is 6.62. The number of benzene rings is 2. The standard InChI is InChI=1S/C15H15F2N3S/c1-20(2)11-5-3-10(4-6-11)19-14-12(16)7-9(15(18)21)8-13(14)17/h3-8,19H,1-2H3,(H2,18,21). The van der Waals surface area contributed by atoms with Crippen LogP contribution in [0.25, 0.3) is 0 Å². The van der Waals surface area contributed by atoms with Gasteiger partial charge >= 0.3 is 0 Å². The number of nitrogens with one attached hydrogen (secondary N) is 1. The predicted molar refractivity (Wildman–Crippen MR) is 86.3 cm³/mol. The maximum absolute atomic E-state index is 13.9. The van der Waals surface area contributed by atoms with E-state index in [4.69, 9.17) is 18.0 Å². The van der Waals surface area contributed by atoms with Crippen LogP contribution in [0.2, 0.25) is 0 Å². The molecule has 3 N–H and O–H groups in total. The molecule has 0 heterocycles. The van der Waals surface area contributed by atoms with Gasteiger partial charge in [0.1, 0.15) is 22.3 Å². The van der Waals surface area contributed by atoms with Crippen molar-refractivity contribution in [2.24, 2.45) is 5.73 Å². The van der Waals surface area contributed by atoms with E-state index in [1.165, 1.54) is 0 Å². The minimum Gasteiger partial charge on any atom is -0.389 e. The third-order valence-corrected chi connectivity index (χ3v) is 3.22. The summed E-state index contributed by atoms with van der Waals surface area (Å²) >= 11 is 4.71. The van der Waals surface area contributed by atoms with Gasteiger partial charge in [0.25, 0.3) is 0 Å². The van der Waals surface area contributed by atoms with Gasteiger partial charge in [-0.25, -0.2) is 8.78 Å². The van der Waals surface area contributed by atoms with Crippen LogP contribution in [0, 0.1) is 11.6 Å². The van der Waals surface area contributed by atoms with E-state index in [1.807, 2.05) is 31.1 Å². The molecule has 0 amide bonds. The zero-order valence-electron chi connectivity index (χ0n) is 11.7. The molecule has 0 aromatic heterocycles. The number of thiocarbonyl (C=S) groups is 1. The molecule has 0 radical (unpaired) electrons. The van der Waals surface area contributed by atoms with Crippen molar-refractivity contribution >= 4 is 34.3 Å². The quantitative estimate of drug-likeness (QED) is 0.849. The number of halogens is 2. The molecule has 0 aliphatic heterocycles. The first kappa shape index (κ1) is 15.2. The molecule has 2 aromatic carbocycles. The van der Waals surface area contributed by atoms with Crippen LogP contribution < -0.4 is 16.0 Å². The Labute approximate surface area is 127 Å². The molecule has 21 heavy (non-hydrogen) atoms. The fraction of sp³-hybridized carbons (Fsp3) is 0.133. The van der Waals surface area contributed by atoms with Crippen LogP contribution in [0.15, 0.2) is 36.4 Å². The largest absolute Gasteiger partial charge is 0.389 e. The van der Waals surface area contributed by atoms with Crippen molar-refractivity contribution < 1.29 is 8.78 Å². The highest BCUT2D eigenvalue weighted by Gasteiger charge is 2.12. The van der Waals surface area contributed by atoms with Crippen molar-refractivity contribution in [3.63, 3.8) is 0 Å². The third-order valence-electron chi connectivity index (χ3n) is 2.98. The molecular formula is C15H15F2N3S. The summed E-state index contributed by atoms with van der Waals surface area (Å²) in [6.07, 6.45) is 0. The lowest BCUT2D eigenvalue weighted by atomic mass is 10.1. The lowest BCUT2D eigenvalue weighted by molar-refractivity contribution is 0.590. The van der Waals surface area contributed by atoms with Crippen LogP contribution in [-0.2, 0) is 0 Å². The molecule has 3 nitrogen and oxygen atoms in total. The second kappa shape index (κ2) is 6.05. The predicted octanol–water partition coefficient (Wildman–Crippen LogP) is 3.41. The van der Waals surface area contributed by atoms with Crippen LogP contribution in [0.1, 0.15) is 5.56 Å². The first-order chi connectivity index (χ1) is 9.88. The van der Waals surface area contributed by atoms with Gasteiger partial charge < -0.3 is 16.0 Å². The summed E-state index contributed by atoms with van der Waals surface area (Å²) in [6.45, 7) is 0. The van der Waals surface area contributed by atoms with Crippen molar-refractivity contribution in [2.45, 2.75) is 0 Å². The Kier molecular flexibility index (Phi) is 4.37. The third kappa shape index (κ3) is 3.46. The van der Waals surface area contributed by atoms with Crippen LogP contribution >= 0.6 is 12.2 Å². The smallest absolute Gasteiger partial charge is 0.150 e. The Morgan fingerprint density at radius 2 is 1.62 bits per heavy atom. The van der Waals surface area contributed by atoms with E-state index in [2.05, 4.69) is 5.32 Å². The summed E-state index contributed by atoms with van der Waals surface area (Å²) < 4.78 is 27.9. The molecule has 2 aromatic rings. The summed E-state index contributed by atoms with van der Waals surface area (Å²) in [4.78, 5) is 1.89. The van der Waals surface area contributed by atoms with Gasteiger partial charge in [-0.05, 0) is 36.4 Å². The molecule has 0 unspecified atom stereocenters. The number of rotatable bonds is 4. The topological polar surface area (TPSA) is 41.3 Å². The summed E-state index contributed by atoms with van der Waals surface area (Å²) in [6, 6.07) is 9.41. The molecule has 0 aliphatic rings. The van der Waals surface area contributed by atoms with Crippen LogP contribution in [0.5, 0.6) is 0 Å². The van der Waals surface area contributed by atoms with E-state index < -0.39 is 11.6 Å². The maximum Gasteiger partial charge on any atom is 0.150 e. The molecule has 0 saturated carbocycles. The van der Waals surface area contributed by atoms with Crippen molar-refractivity contribution in [3.05, 3.63) is 53.6 Å². The number of hydrogen-bond acceptors (Lipinski definition) is 3. The zero-order valence-corrected chi connectivity index (χ0v) is 12.5. The molecule has 2 rings (SSSR count). The molecular weight excluding hydrogens is 292 g/mol. The van der Waals surface area contributed by atoms with Gasteiger partial charge in [0, 0.05) is 31.0 Å². The number of hydrogen-bond donors (Lipinski definition) is 2. The van der Waals surface area contributed by atoms with Gasteiger partial charge in [-0.15, -0.1) is 0 Å². The average molecular weight is 307 g/mol. The summed E-state index contributed by atoms with van der Waals surface area (Å²) in [5, 5.41) is 2.72. The fourth-order valence-corrected chi connectivity index (χ4v) is 1.94. The van der Waals surface area contributed by atoms with Crippen molar-refractivity contribution in [3.8, 4) is 0 Å². The van der Waals surface area contributed by atoms with Crippen molar-refractivity contribution in [1.82, 2.24) is 0 Å². The van der Waals surface area contributed by atoms with Gasteiger partial charge in [-0.3, -0.25) is 0 Å². The Hall–Kier alpha value is -2.21. The molecule has 0 aliphatic carbocycles. The van der Waals surface area contributed by atoms with Gasteiger partial charge in [-0.2, -0.15) is 0 Å². The van der Waals surface area contributed by atoms with E-state index in [9.17, 15) is 8.78 Å². The molecule has 0 bridgehead atoms. The molecule has 110 valence electrons. The van der Waals surface area contributed by atoms with Crippen molar-refractivity contribution in [1.29, 1.82) is 0 Å². The fourth-order valence-electron chi connectivity index (χ4n) is 1.82. The van der Waals surface area contributed by atoms with Gasteiger partial charge in [0.2, 0.25) is 0 Å². The molecule has 0 fully saturated rings. The highest BCUT2D eigenvalue weighted by molar-refractivity contribution is 7.80. The monoisotopic (exact) mass is 307 g/mol. The molecule has 0 atom stereocenters. The average Bonchev–Trinajstić information content (AvgIpc) is 2.43. The number of nitrogens with zero attached hydrogens (tertiary/aromatic N) is 1. The zero-order chi connectivity index (χ0) is 15.6. The Bertz CT molecular complexity index is 646. The highest BCUT2D eigenvalue weighted by atomic mass is 32.1. The highest BCUT2D eigenvalue weighted by Crippen LogP contribution is 2.26. The lowest BCUT2D eigenvalue weighted by Gasteiger charge is -2.14. The minimum absolute atomic E-state index is 0.0466. The van der Waals surface area contributed by atoms with Crippen LogP contribution in [0.3, 0.4) is 0 Å². The molecule has 6 heteroatoms. The Morgan fingerprint density at radius 1 is 1.10 bits per heavy atom. The summed E-state index contributed by atoms with van der Waals surface area (Å²) in [7, 11) is 3.83. The minimum atomic E-state index is -0.741. The number of anilines is 3. The SMILES string of the molecule is CN(C)c1ccc(Nc2c(F)cc(C(N)=S)cc2F)cc1. The lowest BCUT2D eigenvalue weighted by Crippen LogP contribution is -2.11. The van der Waals surface area contributed by atoms with Gasteiger partial charge in [0.15, 0.2) is 0 Å². The normalized spacial score (nSPS) is 10.3. The Morgan fingerprint density at radius 3 is 2.05 bits per heavy atom. The van der Waals surface area contributed by atoms with Crippen LogP contribution in [-0.4, -0.2) is 19.1 Å². The van der Waals surface area contributed by atoms with E-state index in [0.717, 1.165) is 17.8 Å². The van der Waals surface area contributed by atoms with Crippen LogP contribution in [0.4, 0.5) is 25.8 Å². The summed E-state index contributed by atoms with van der Waals surface area (Å²) in [5.74, 6) is -1.48. The second-order valence-corrected chi connectivity index (χ2v) is 5.19. The summed E-state index contributed by atoms with van der Waals surface area (Å²) in [5.41, 5.74) is 6.88. The Balaban J connectivity index is 2.29. The maximum atomic E-state index is 13.9. The molecule has 0 saturated heterocycles. The van der Waals surface area contributed by atoms with Crippen molar-refractivity contribution in [2.75, 3.05) is 24.3 Å². The van der Waals surface area contributed by atoms with E-state index in [0.29, 0.717) is 5.69 Å². The first-order valence-electron chi connectivity index (χ1n) is 6.21. The molecule has 0 spiro atoms. The van der Waals surface area contributed by atoms with E-state index in [-0.39, 0.29) is 16.2 Å². The second-order valence-electron chi connectivity index (χ2n) is 4.75. The van der Waals surface area contributed by atoms with E-state index >= 15 is 0 Å². The number of nitrogens with two attached hydrogens (primary N) is 1. The van der Waals surface area contributed by atoms with Gasteiger partial charge in [0.05, 0.1) is 0 Å².